The summed E-state index contributed by atoms with van der Waals surface area (Å²) in [5, 5.41) is 3.24. The first-order valence-corrected chi connectivity index (χ1v) is 8.38. The van der Waals surface area contributed by atoms with Crippen LogP contribution in [0.25, 0.3) is 10.9 Å². The number of aromatic amines is 1. The van der Waals surface area contributed by atoms with Crippen molar-refractivity contribution in [2.24, 2.45) is 0 Å². The molecule has 3 aromatic rings. The third-order valence-corrected chi connectivity index (χ3v) is 4.15. The van der Waals surface area contributed by atoms with Crippen LogP contribution in [0.2, 0.25) is 0 Å². The lowest BCUT2D eigenvalue weighted by Gasteiger charge is -2.26. The van der Waals surface area contributed by atoms with Gasteiger partial charge in [0.2, 0.25) is 11.9 Å². The fourth-order valence-corrected chi connectivity index (χ4v) is 2.67. The summed E-state index contributed by atoms with van der Waals surface area (Å²) < 4.78 is 0. The van der Waals surface area contributed by atoms with Gasteiger partial charge in [-0.15, -0.1) is 0 Å². The molecule has 8 nitrogen and oxygen atoms in total. The van der Waals surface area contributed by atoms with Crippen molar-refractivity contribution in [3.63, 3.8) is 0 Å². The molecule has 1 amide bonds. The lowest BCUT2D eigenvalue weighted by Crippen LogP contribution is -2.42. The topological polar surface area (TPSA) is 104 Å². The molecule has 0 aliphatic heterocycles. The Kier molecular flexibility index (Phi) is 5.33. The average molecular weight is 352 g/mol. The molecule has 0 bridgehead atoms. The number of likely N-dealkylation sites (N-methyl/N-ethyl adjacent to an activating group) is 1. The number of benzene rings is 1. The second-order valence-electron chi connectivity index (χ2n) is 5.83. The van der Waals surface area contributed by atoms with E-state index in [1.165, 1.54) is 0 Å². The SMILES string of the molecule is CCN(Cc1nc2ccccc2c(=O)[nH]1)C(C)C(=O)Nc1ncccn1. The highest BCUT2D eigenvalue weighted by Crippen LogP contribution is 2.10. The van der Waals surface area contributed by atoms with Gasteiger partial charge in [-0.1, -0.05) is 19.1 Å². The van der Waals surface area contributed by atoms with Crippen LogP contribution in [-0.4, -0.2) is 43.3 Å². The van der Waals surface area contributed by atoms with Crippen LogP contribution < -0.4 is 10.9 Å². The van der Waals surface area contributed by atoms with Crippen molar-refractivity contribution in [3.8, 4) is 0 Å². The third-order valence-electron chi connectivity index (χ3n) is 4.15. The number of H-pyrrole nitrogens is 1. The zero-order chi connectivity index (χ0) is 18.5. The maximum atomic E-state index is 12.5. The highest BCUT2D eigenvalue weighted by molar-refractivity contribution is 5.93. The molecule has 2 N–H and O–H groups in total. The molecule has 2 heterocycles. The number of anilines is 1. The number of amides is 1. The van der Waals surface area contributed by atoms with Crippen molar-refractivity contribution >= 4 is 22.8 Å². The van der Waals surface area contributed by atoms with Gasteiger partial charge in [-0.3, -0.25) is 19.8 Å². The van der Waals surface area contributed by atoms with Crippen molar-refractivity contribution in [1.29, 1.82) is 0 Å². The molecule has 2 aromatic heterocycles. The van der Waals surface area contributed by atoms with E-state index >= 15 is 0 Å². The Labute approximate surface area is 150 Å². The van der Waals surface area contributed by atoms with Gasteiger partial charge in [0.25, 0.3) is 5.56 Å². The fourth-order valence-electron chi connectivity index (χ4n) is 2.67. The first-order valence-electron chi connectivity index (χ1n) is 8.38. The van der Waals surface area contributed by atoms with E-state index in [1.807, 2.05) is 17.9 Å². The van der Waals surface area contributed by atoms with Gasteiger partial charge in [-0.2, -0.15) is 0 Å². The van der Waals surface area contributed by atoms with Crippen LogP contribution in [0.5, 0.6) is 0 Å². The number of hydrogen-bond acceptors (Lipinski definition) is 6. The van der Waals surface area contributed by atoms with Gasteiger partial charge in [0.15, 0.2) is 0 Å². The summed E-state index contributed by atoms with van der Waals surface area (Å²) >= 11 is 0. The zero-order valence-electron chi connectivity index (χ0n) is 14.6. The Hall–Kier alpha value is -3.13. The predicted molar refractivity (Wildman–Crippen MR) is 98.6 cm³/mol. The third kappa shape index (κ3) is 3.92. The molecular weight excluding hydrogens is 332 g/mol. The molecule has 0 radical (unpaired) electrons. The van der Waals surface area contributed by atoms with E-state index in [0.717, 1.165) is 0 Å². The molecule has 3 rings (SSSR count). The minimum Gasteiger partial charge on any atom is -0.309 e. The molecule has 1 atom stereocenters. The number of carbonyl (C=O) groups excluding carboxylic acids is 1. The van der Waals surface area contributed by atoms with E-state index in [4.69, 9.17) is 0 Å². The molecule has 1 aromatic carbocycles. The van der Waals surface area contributed by atoms with Crippen molar-refractivity contribution < 1.29 is 4.79 Å². The number of carbonyl (C=O) groups is 1. The van der Waals surface area contributed by atoms with E-state index < -0.39 is 6.04 Å². The first-order chi connectivity index (χ1) is 12.6. The monoisotopic (exact) mass is 352 g/mol. The number of aromatic nitrogens is 4. The molecule has 0 aliphatic rings. The molecule has 0 saturated heterocycles. The molecule has 1 unspecified atom stereocenters. The summed E-state index contributed by atoms with van der Waals surface area (Å²) in [7, 11) is 0. The zero-order valence-corrected chi connectivity index (χ0v) is 14.6. The van der Waals surface area contributed by atoms with E-state index in [1.54, 1.807) is 43.6 Å². The lowest BCUT2D eigenvalue weighted by atomic mass is 10.2. The normalized spacial score (nSPS) is 12.3. The highest BCUT2D eigenvalue weighted by Gasteiger charge is 2.22. The second-order valence-corrected chi connectivity index (χ2v) is 5.83. The van der Waals surface area contributed by atoms with Crippen molar-refractivity contribution in [2.75, 3.05) is 11.9 Å². The first kappa shape index (κ1) is 17.7. The molecule has 8 heteroatoms. The van der Waals surface area contributed by atoms with E-state index in [0.29, 0.717) is 29.8 Å². The minimum atomic E-state index is -0.444. The van der Waals surface area contributed by atoms with Gasteiger partial charge in [0, 0.05) is 12.4 Å². The molecule has 134 valence electrons. The number of para-hydroxylation sites is 1. The largest absolute Gasteiger partial charge is 0.309 e. The van der Waals surface area contributed by atoms with Crippen LogP contribution in [0.3, 0.4) is 0 Å². The highest BCUT2D eigenvalue weighted by atomic mass is 16.2. The summed E-state index contributed by atoms with van der Waals surface area (Å²) in [5.41, 5.74) is 0.452. The molecule has 0 aliphatic carbocycles. The van der Waals surface area contributed by atoms with E-state index in [2.05, 4.69) is 25.3 Å². The summed E-state index contributed by atoms with van der Waals surface area (Å²) in [6, 6.07) is 8.41. The Bertz CT molecular complexity index is 957. The van der Waals surface area contributed by atoms with Gasteiger partial charge in [-0.25, -0.2) is 15.0 Å². The molecular formula is C18H20N6O2. The van der Waals surface area contributed by atoms with E-state index in [-0.39, 0.29) is 17.4 Å². The fraction of sp³-hybridized carbons (Fsp3) is 0.278. The molecule has 0 saturated carbocycles. The minimum absolute atomic E-state index is 0.184. The standard InChI is InChI=1S/C18H20N6O2/c1-3-24(12(2)16(25)23-18-19-9-6-10-20-18)11-15-21-14-8-5-4-7-13(14)17(26)22-15/h4-10,12H,3,11H2,1-2H3,(H,21,22,26)(H,19,20,23,25). The maximum absolute atomic E-state index is 12.5. The second kappa shape index (κ2) is 7.83. The Morgan fingerprint density at radius 3 is 2.69 bits per heavy atom. The Morgan fingerprint density at radius 1 is 1.23 bits per heavy atom. The van der Waals surface area contributed by atoms with Gasteiger partial charge in [-0.05, 0) is 31.7 Å². The average Bonchev–Trinajstić information content (AvgIpc) is 2.66. The van der Waals surface area contributed by atoms with Crippen LogP contribution in [0, 0.1) is 0 Å². The Morgan fingerprint density at radius 2 is 1.96 bits per heavy atom. The number of fused-ring (bicyclic) bond motifs is 1. The number of nitrogens with zero attached hydrogens (tertiary/aromatic N) is 4. The smallest absolute Gasteiger partial charge is 0.258 e. The summed E-state index contributed by atoms with van der Waals surface area (Å²) in [6.45, 7) is 4.70. The number of hydrogen-bond donors (Lipinski definition) is 2. The van der Waals surface area contributed by atoms with Crippen LogP contribution in [0.4, 0.5) is 5.95 Å². The van der Waals surface area contributed by atoms with Crippen molar-refractivity contribution in [3.05, 3.63) is 58.9 Å². The van der Waals surface area contributed by atoms with Gasteiger partial charge in [0.1, 0.15) is 5.82 Å². The van der Waals surface area contributed by atoms with E-state index in [9.17, 15) is 9.59 Å². The van der Waals surface area contributed by atoms with Gasteiger partial charge < -0.3 is 4.98 Å². The van der Waals surface area contributed by atoms with Crippen molar-refractivity contribution in [2.45, 2.75) is 26.4 Å². The number of rotatable bonds is 6. The lowest BCUT2D eigenvalue weighted by molar-refractivity contribution is -0.121. The van der Waals surface area contributed by atoms with Crippen LogP contribution in [0.1, 0.15) is 19.7 Å². The summed E-state index contributed by atoms with van der Waals surface area (Å²) in [4.78, 5) is 41.8. The number of nitrogens with one attached hydrogen (secondary N) is 2. The molecule has 0 spiro atoms. The maximum Gasteiger partial charge on any atom is 0.258 e. The Balaban J connectivity index is 1.76. The van der Waals surface area contributed by atoms with Gasteiger partial charge >= 0.3 is 0 Å². The van der Waals surface area contributed by atoms with Crippen LogP contribution in [0.15, 0.2) is 47.5 Å². The molecule has 26 heavy (non-hydrogen) atoms. The van der Waals surface area contributed by atoms with Gasteiger partial charge in [0.05, 0.1) is 23.5 Å². The van der Waals surface area contributed by atoms with Crippen LogP contribution in [-0.2, 0) is 11.3 Å². The van der Waals surface area contributed by atoms with Crippen LogP contribution >= 0.6 is 0 Å². The molecule has 0 fully saturated rings. The van der Waals surface area contributed by atoms with Crippen molar-refractivity contribution in [1.82, 2.24) is 24.8 Å². The quantitative estimate of drug-likeness (QED) is 0.698. The summed E-state index contributed by atoms with van der Waals surface area (Å²) in [5.74, 6) is 0.560. The predicted octanol–water partition coefficient (Wildman–Crippen LogP) is 1.56. The summed E-state index contributed by atoms with van der Waals surface area (Å²) in [6.07, 6.45) is 3.13.